The van der Waals surface area contributed by atoms with Gasteiger partial charge in [0, 0.05) is 6.42 Å². The Hall–Kier alpha value is -2.94. The molecule has 9 heteroatoms. The number of carboxylic acids is 1. The van der Waals surface area contributed by atoms with Crippen LogP contribution in [0.5, 0.6) is 0 Å². The lowest BCUT2D eigenvalue weighted by atomic mass is 9.97. The summed E-state index contributed by atoms with van der Waals surface area (Å²) in [4.78, 5) is 49.1. The highest BCUT2D eigenvalue weighted by molar-refractivity contribution is 5.94. The highest BCUT2D eigenvalue weighted by atomic mass is 16.4. The summed E-state index contributed by atoms with van der Waals surface area (Å²) in [7, 11) is 0. The molecule has 4 atom stereocenters. The number of benzene rings is 1. The van der Waals surface area contributed by atoms with Crippen molar-refractivity contribution in [2.24, 2.45) is 17.6 Å². The average Bonchev–Trinajstić information content (AvgIpc) is 2.74. The Morgan fingerprint density at radius 3 is 2.12 bits per heavy atom. The second-order valence-electron chi connectivity index (χ2n) is 8.47. The molecule has 1 aromatic rings. The highest BCUT2D eigenvalue weighted by Gasteiger charge is 2.31. The molecule has 0 aliphatic heterocycles. The zero-order valence-electron chi connectivity index (χ0n) is 19.3. The SMILES string of the molecule is CCC(C)C(NC(=O)C(Cc1ccccc1)NC(=O)C(N)CC(C)C)C(=O)NCC(=O)O. The van der Waals surface area contributed by atoms with Crippen molar-refractivity contribution in [3.63, 3.8) is 0 Å². The lowest BCUT2D eigenvalue weighted by Gasteiger charge is -2.27. The van der Waals surface area contributed by atoms with Gasteiger partial charge < -0.3 is 26.8 Å². The summed E-state index contributed by atoms with van der Waals surface area (Å²) in [6, 6.07) is 6.55. The predicted molar refractivity (Wildman–Crippen MR) is 122 cm³/mol. The Kier molecular flexibility index (Phi) is 11.4. The Labute approximate surface area is 189 Å². The first-order valence-electron chi connectivity index (χ1n) is 10.9. The van der Waals surface area contributed by atoms with Crippen LogP contribution in [0.1, 0.15) is 46.1 Å². The van der Waals surface area contributed by atoms with Crippen LogP contribution in [0.3, 0.4) is 0 Å². The summed E-state index contributed by atoms with van der Waals surface area (Å²) in [5.74, 6) is -2.77. The van der Waals surface area contributed by atoms with Gasteiger partial charge in [-0.2, -0.15) is 0 Å². The normalized spacial score (nSPS) is 14.7. The number of amides is 3. The van der Waals surface area contributed by atoms with E-state index in [1.807, 2.05) is 51.1 Å². The molecule has 4 unspecified atom stereocenters. The summed E-state index contributed by atoms with van der Waals surface area (Å²) >= 11 is 0. The van der Waals surface area contributed by atoms with E-state index in [4.69, 9.17) is 10.8 Å². The molecule has 32 heavy (non-hydrogen) atoms. The zero-order valence-corrected chi connectivity index (χ0v) is 19.3. The molecule has 0 bridgehead atoms. The second-order valence-corrected chi connectivity index (χ2v) is 8.47. The molecule has 0 aliphatic rings. The van der Waals surface area contributed by atoms with Crippen LogP contribution in [0.25, 0.3) is 0 Å². The summed E-state index contributed by atoms with van der Waals surface area (Å²) in [5.41, 5.74) is 6.82. The van der Waals surface area contributed by atoms with Crippen LogP contribution >= 0.6 is 0 Å². The molecule has 1 rings (SSSR count). The molecule has 0 radical (unpaired) electrons. The van der Waals surface area contributed by atoms with Gasteiger partial charge in [0.25, 0.3) is 0 Å². The number of rotatable bonds is 13. The van der Waals surface area contributed by atoms with Gasteiger partial charge in [-0.05, 0) is 23.8 Å². The van der Waals surface area contributed by atoms with Crippen LogP contribution in [-0.2, 0) is 25.6 Å². The van der Waals surface area contributed by atoms with Crippen molar-refractivity contribution in [3.8, 4) is 0 Å². The Balaban J connectivity index is 3.03. The molecule has 178 valence electrons. The quantitative estimate of drug-likeness (QED) is 0.301. The minimum Gasteiger partial charge on any atom is -0.480 e. The fraction of sp³-hybridized carbons (Fsp3) is 0.565. The highest BCUT2D eigenvalue weighted by Crippen LogP contribution is 2.11. The van der Waals surface area contributed by atoms with Crippen molar-refractivity contribution >= 4 is 23.7 Å². The Morgan fingerprint density at radius 2 is 1.59 bits per heavy atom. The van der Waals surface area contributed by atoms with Crippen LogP contribution < -0.4 is 21.7 Å². The molecule has 0 saturated heterocycles. The van der Waals surface area contributed by atoms with Gasteiger partial charge in [0.1, 0.15) is 18.6 Å². The van der Waals surface area contributed by atoms with Gasteiger partial charge >= 0.3 is 5.97 Å². The van der Waals surface area contributed by atoms with Crippen molar-refractivity contribution in [3.05, 3.63) is 35.9 Å². The third-order valence-electron chi connectivity index (χ3n) is 5.18. The molecule has 0 aliphatic carbocycles. The van der Waals surface area contributed by atoms with Gasteiger partial charge in [0.15, 0.2) is 0 Å². The van der Waals surface area contributed by atoms with E-state index in [1.165, 1.54) is 0 Å². The summed E-state index contributed by atoms with van der Waals surface area (Å²) in [6.07, 6.45) is 1.27. The first kappa shape index (κ1) is 27.1. The molecule has 0 saturated carbocycles. The van der Waals surface area contributed by atoms with Gasteiger partial charge in [0.05, 0.1) is 6.04 Å². The van der Waals surface area contributed by atoms with Gasteiger partial charge in [-0.3, -0.25) is 19.2 Å². The maximum atomic E-state index is 13.1. The van der Waals surface area contributed by atoms with Crippen LogP contribution in [0.15, 0.2) is 30.3 Å². The van der Waals surface area contributed by atoms with Crippen LogP contribution in [0, 0.1) is 11.8 Å². The van der Waals surface area contributed by atoms with Crippen molar-refractivity contribution < 1.29 is 24.3 Å². The van der Waals surface area contributed by atoms with Crippen LogP contribution in [-0.4, -0.2) is 53.5 Å². The number of hydrogen-bond acceptors (Lipinski definition) is 5. The summed E-state index contributed by atoms with van der Waals surface area (Å²) in [5, 5.41) is 16.6. The van der Waals surface area contributed by atoms with Gasteiger partial charge in [-0.1, -0.05) is 64.4 Å². The van der Waals surface area contributed by atoms with E-state index in [0.29, 0.717) is 12.8 Å². The van der Waals surface area contributed by atoms with Crippen molar-refractivity contribution in [1.82, 2.24) is 16.0 Å². The standard InChI is InChI=1S/C23H36N4O5/c1-5-15(4)20(23(32)25-13-19(28)29)27-22(31)18(12-16-9-7-6-8-10-16)26-21(30)17(24)11-14(2)3/h6-10,14-15,17-18,20H,5,11-13,24H2,1-4H3,(H,25,32)(H,26,30)(H,27,31)(H,28,29). The van der Waals surface area contributed by atoms with Gasteiger partial charge in [-0.25, -0.2) is 0 Å². The lowest BCUT2D eigenvalue weighted by molar-refractivity contribution is -0.139. The molecule has 0 spiro atoms. The lowest BCUT2D eigenvalue weighted by Crippen LogP contribution is -2.58. The smallest absolute Gasteiger partial charge is 0.322 e. The van der Waals surface area contributed by atoms with E-state index >= 15 is 0 Å². The fourth-order valence-corrected chi connectivity index (χ4v) is 3.18. The van der Waals surface area contributed by atoms with Crippen LogP contribution in [0.2, 0.25) is 0 Å². The number of nitrogens with two attached hydrogens (primary N) is 1. The van der Waals surface area contributed by atoms with E-state index < -0.39 is 48.4 Å². The molecule has 6 N–H and O–H groups in total. The number of hydrogen-bond donors (Lipinski definition) is 5. The zero-order chi connectivity index (χ0) is 24.3. The molecule has 0 heterocycles. The summed E-state index contributed by atoms with van der Waals surface area (Å²) in [6.45, 7) is 7.01. The number of carboxylic acid groups (broad SMARTS) is 1. The van der Waals surface area contributed by atoms with Gasteiger partial charge in [-0.15, -0.1) is 0 Å². The van der Waals surface area contributed by atoms with Crippen molar-refractivity contribution in [2.45, 2.75) is 65.1 Å². The van der Waals surface area contributed by atoms with Crippen molar-refractivity contribution in [2.75, 3.05) is 6.54 Å². The number of nitrogens with one attached hydrogen (secondary N) is 3. The minimum atomic E-state index is -1.18. The largest absolute Gasteiger partial charge is 0.480 e. The maximum absolute atomic E-state index is 13.1. The van der Waals surface area contributed by atoms with E-state index in [9.17, 15) is 19.2 Å². The van der Waals surface area contributed by atoms with Crippen LogP contribution in [0.4, 0.5) is 0 Å². The van der Waals surface area contributed by atoms with E-state index in [0.717, 1.165) is 5.56 Å². The number of aliphatic carboxylic acids is 1. The molecular formula is C23H36N4O5. The van der Waals surface area contributed by atoms with E-state index in [1.54, 1.807) is 6.92 Å². The maximum Gasteiger partial charge on any atom is 0.322 e. The molecule has 0 fully saturated rings. The molecule has 1 aromatic carbocycles. The summed E-state index contributed by atoms with van der Waals surface area (Å²) < 4.78 is 0. The topological polar surface area (TPSA) is 151 Å². The third-order valence-corrected chi connectivity index (χ3v) is 5.18. The Morgan fingerprint density at radius 1 is 0.969 bits per heavy atom. The van der Waals surface area contributed by atoms with Crippen molar-refractivity contribution in [1.29, 1.82) is 0 Å². The van der Waals surface area contributed by atoms with E-state index in [-0.39, 0.29) is 18.3 Å². The molecular weight excluding hydrogens is 412 g/mol. The fourth-order valence-electron chi connectivity index (χ4n) is 3.18. The molecule has 3 amide bonds. The van der Waals surface area contributed by atoms with Gasteiger partial charge in [0.2, 0.25) is 17.7 Å². The monoisotopic (exact) mass is 448 g/mol. The third kappa shape index (κ3) is 9.47. The molecule has 9 nitrogen and oxygen atoms in total. The molecule has 0 aromatic heterocycles. The minimum absolute atomic E-state index is 0.213. The Bertz CT molecular complexity index is 769. The second kappa shape index (κ2) is 13.5. The first-order chi connectivity index (χ1) is 15.0. The number of carbonyl (C=O) groups is 4. The first-order valence-corrected chi connectivity index (χ1v) is 10.9. The average molecular weight is 449 g/mol. The number of carbonyl (C=O) groups excluding carboxylic acids is 3. The predicted octanol–water partition coefficient (Wildman–Crippen LogP) is 0.819. The van der Waals surface area contributed by atoms with E-state index in [2.05, 4.69) is 16.0 Å².